The third-order valence-electron chi connectivity index (χ3n) is 2.65. The molecule has 0 aliphatic carbocycles. The van der Waals surface area contributed by atoms with E-state index in [2.05, 4.69) is 20.7 Å². The number of halogens is 2. The van der Waals surface area contributed by atoms with Gasteiger partial charge in [0.25, 0.3) is 10.0 Å². The predicted octanol–water partition coefficient (Wildman–Crippen LogP) is 3.49. The highest BCUT2D eigenvalue weighted by atomic mass is 79.9. The minimum absolute atomic E-state index is 0.000972. The van der Waals surface area contributed by atoms with Crippen molar-refractivity contribution >= 4 is 48.9 Å². The quantitative estimate of drug-likeness (QED) is 0.782. The van der Waals surface area contributed by atoms with Crippen molar-refractivity contribution in [3.05, 3.63) is 45.9 Å². The second kappa shape index (κ2) is 6.13. The summed E-state index contributed by atoms with van der Waals surface area (Å²) < 4.78 is 33.0. The van der Waals surface area contributed by atoms with Crippen LogP contribution in [0.3, 0.4) is 0 Å². The molecule has 0 aliphatic heterocycles. The van der Waals surface area contributed by atoms with Gasteiger partial charge in [-0.05, 0) is 46.3 Å². The number of sulfonamides is 1. The molecule has 0 spiro atoms. The average Bonchev–Trinajstić information content (AvgIpc) is 2.41. The smallest absolute Gasteiger partial charge is 0.265 e. The summed E-state index contributed by atoms with van der Waals surface area (Å²) in [6.45, 7) is 0. The SMILES string of the molecule is COc1cc(N)ccc1S(=O)(=O)Nc1ccc(Cl)cc1Br. The normalized spacial score (nSPS) is 11.2. The maximum absolute atomic E-state index is 12.4. The van der Waals surface area contributed by atoms with E-state index in [9.17, 15) is 8.42 Å². The molecule has 0 aliphatic rings. The first kappa shape index (κ1) is 15.9. The van der Waals surface area contributed by atoms with Crippen LogP contribution in [0.15, 0.2) is 45.8 Å². The van der Waals surface area contributed by atoms with E-state index in [0.29, 0.717) is 20.9 Å². The number of nitrogens with two attached hydrogens (primary N) is 1. The Bertz CT molecular complexity index is 781. The largest absolute Gasteiger partial charge is 0.495 e. The molecule has 0 amide bonds. The molecule has 5 nitrogen and oxygen atoms in total. The predicted molar refractivity (Wildman–Crippen MR) is 87.4 cm³/mol. The van der Waals surface area contributed by atoms with E-state index in [-0.39, 0.29) is 10.6 Å². The fourth-order valence-corrected chi connectivity index (χ4v) is 3.82. The van der Waals surface area contributed by atoms with Crippen LogP contribution in [-0.4, -0.2) is 15.5 Å². The molecule has 0 unspecified atom stereocenters. The molecule has 0 saturated heterocycles. The number of ether oxygens (including phenoxy) is 1. The standard InChI is InChI=1S/C13H12BrClN2O3S/c1-20-12-7-9(16)3-5-13(12)21(18,19)17-11-4-2-8(15)6-10(11)14/h2-7,17H,16H2,1H3. The minimum Gasteiger partial charge on any atom is -0.495 e. The topological polar surface area (TPSA) is 81.4 Å². The fourth-order valence-electron chi connectivity index (χ4n) is 1.68. The second-order valence-electron chi connectivity index (χ2n) is 4.14. The maximum Gasteiger partial charge on any atom is 0.265 e. The first-order chi connectivity index (χ1) is 9.83. The van der Waals surface area contributed by atoms with Crippen molar-refractivity contribution in [2.45, 2.75) is 4.90 Å². The van der Waals surface area contributed by atoms with E-state index >= 15 is 0 Å². The number of hydrogen-bond acceptors (Lipinski definition) is 4. The molecule has 0 aromatic heterocycles. The molecule has 3 N–H and O–H groups in total. The third-order valence-corrected chi connectivity index (χ3v) is 4.95. The van der Waals surface area contributed by atoms with Crippen molar-refractivity contribution in [1.29, 1.82) is 0 Å². The molecule has 112 valence electrons. The van der Waals surface area contributed by atoms with Crippen LogP contribution in [0.25, 0.3) is 0 Å². The van der Waals surface area contributed by atoms with Gasteiger partial charge in [-0.2, -0.15) is 0 Å². The lowest BCUT2D eigenvalue weighted by molar-refractivity contribution is 0.403. The van der Waals surface area contributed by atoms with Crippen LogP contribution in [0.4, 0.5) is 11.4 Å². The summed E-state index contributed by atoms with van der Waals surface area (Å²) in [5, 5.41) is 0.495. The summed E-state index contributed by atoms with van der Waals surface area (Å²) >= 11 is 9.09. The second-order valence-corrected chi connectivity index (χ2v) is 7.08. The molecule has 2 aromatic carbocycles. The Labute approximate surface area is 136 Å². The van der Waals surface area contributed by atoms with Crippen molar-refractivity contribution in [3.63, 3.8) is 0 Å². The molecule has 0 saturated carbocycles. The van der Waals surface area contributed by atoms with E-state index in [1.807, 2.05) is 0 Å². The molecular formula is C13H12BrClN2O3S. The van der Waals surface area contributed by atoms with Crippen LogP contribution in [-0.2, 0) is 10.0 Å². The van der Waals surface area contributed by atoms with Gasteiger partial charge in [-0.25, -0.2) is 8.42 Å². The Hall–Kier alpha value is -1.44. The van der Waals surface area contributed by atoms with E-state index in [1.54, 1.807) is 18.2 Å². The van der Waals surface area contributed by atoms with E-state index in [1.165, 1.54) is 25.3 Å². The molecule has 8 heteroatoms. The number of benzene rings is 2. The Kier molecular flexibility index (Phi) is 4.65. The molecule has 2 rings (SSSR count). The summed E-state index contributed by atoms with van der Waals surface area (Å²) in [4.78, 5) is 0.000972. The Morgan fingerprint density at radius 3 is 2.57 bits per heavy atom. The first-order valence-corrected chi connectivity index (χ1v) is 8.40. The lowest BCUT2D eigenvalue weighted by Gasteiger charge is -2.13. The maximum atomic E-state index is 12.4. The molecule has 0 fully saturated rings. The Balaban J connectivity index is 2.43. The summed E-state index contributed by atoms with van der Waals surface area (Å²) in [5.74, 6) is 0.174. The van der Waals surface area contributed by atoms with Gasteiger partial charge in [0.05, 0.1) is 12.8 Å². The number of anilines is 2. The molecule has 0 radical (unpaired) electrons. The van der Waals surface area contributed by atoms with Gasteiger partial charge in [-0.1, -0.05) is 11.6 Å². The van der Waals surface area contributed by atoms with Crippen LogP contribution >= 0.6 is 27.5 Å². The highest BCUT2D eigenvalue weighted by molar-refractivity contribution is 9.10. The third kappa shape index (κ3) is 3.61. The van der Waals surface area contributed by atoms with Crippen molar-refractivity contribution in [1.82, 2.24) is 0 Å². The van der Waals surface area contributed by atoms with Crippen LogP contribution in [0.1, 0.15) is 0 Å². The molecule has 21 heavy (non-hydrogen) atoms. The zero-order valence-corrected chi connectivity index (χ0v) is 14.1. The van der Waals surface area contributed by atoms with Gasteiger partial charge in [0.1, 0.15) is 10.6 Å². The summed E-state index contributed by atoms with van der Waals surface area (Å²) in [5.41, 5.74) is 6.41. The zero-order chi connectivity index (χ0) is 15.6. The molecule has 0 bridgehead atoms. The monoisotopic (exact) mass is 390 g/mol. The van der Waals surface area contributed by atoms with E-state index in [4.69, 9.17) is 22.1 Å². The van der Waals surface area contributed by atoms with Gasteiger partial charge < -0.3 is 10.5 Å². The van der Waals surface area contributed by atoms with Crippen LogP contribution in [0.5, 0.6) is 5.75 Å². The highest BCUT2D eigenvalue weighted by Gasteiger charge is 2.20. The fraction of sp³-hybridized carbons (Fsp3) is 0.0769. The Morgan fingerprint density at radius 2 is 1.95 bits per heavy atom. The number of hydrogen-bond donors (Lipinski definition) is 2. The van der Waals surface area contributed by atoms with E-state index in [0.717, 1.165) is 0 Å². The molecular weight excluding hydrogens is 380 g/mol. The van der Waals surface area contributed by atoms with Crippen molar-refractivity contribution in [2.24, 2.45) is 0 Å². The summed E-state index contributed by atoms with van der Waals surface area (Å²) in [6.07, 6.45) is 0. The van der Waals surface area contributed by atoms with Gasteiger partial charge in [0.2, 0.25) is 0 Å². The van der Waals surface area contributed by atoms with Crippen molar-refractivity contribution < 1.29 is 13.2 Å². The van der Waals surface area contributed by atoms with Crippen molar-refractivity contribution in [3.8, 4) is 5.75 Å². The lowest BCUT2D eigenvalue weighted by atomic mass is 10.3. The number of nitrogens with one attached hydrogen (secondary N) is 1. The van der Waals surface area contributed by atoms with Gasteiger partial charge >= 0.3 is 0 Å². The summed E-state index contributed by atoms with van der Waals surface area (Å²) in [6, 6.07) is 9.08. The Morgan fingerprint density at radius 1 is 1.24 bits per heavy atom. The zero-order valence-electron chi connectivity index (χ0n) is 10.9. The van der Waals surface area contributed by atoms with Crippen LogP contribution < -0.4 is 15.2 Å². The van der Waals surface area contributed by atoms with Gasteiger partial charge in [0, 0.05) is 21.2 Å². The van der Waals surface area contributed by atoms with Crippen LogP contribution in [0.2, 0.25) is 5.02 Å². The van der Waals surface area contributed by atoms with Gasteiger partial charge in [0.15, 0.2) is 0 Å². The number of nitrogen functional groups attached to an aromatic ring is 1. The molecule has 2 aromatic rings. The van der Waals surface area contributed by atoms with E-state index < -0.39 is 10.0 Å². The van der Waals surface area contributed by atoms with Crippen molar-refractivity contribution in [2.75, 3.05) is 17.6 Å². The highest BCUT2D eigenvalue weighted by Crippen LogP contribution is 2.31. The molecule has 0 atom stereocenters. The average molecular weight is 392 g/mol. The number of rotatable bonds is 4. The summed E-state index contributed by atoms with van der Waals surface area (Å²) in [7, 11) is -2.43. The minimum atomic E-state index is -3.81. The molecule has 0 heterocycles. The number of methoxy groups -OCH3 is 1. The van der Waals surface area contributed by atoms with Gasteiger partial charge in [-0.15, -0.1) is 0 Å². The van der Waals surface area contributed by atoms with Crippen LogP contribution in [0, 0.1) is 0 Å². The first-order valence-electron chi connectivity index (χ1n) is 5.75. The lowest BCUT2D eigenvalue weighted by Crippen LogP contribution is -2.14. The van der Waals surface area contributed by atoms with Gasteiger partial charge in [-0.3, -0.25) is 4.72 Å².